The fourth-order valence-corrected chi connectivity index (χ4v) is 4.48. The number of carbonyl (C=O) groups excluding carboxylic acids is 4. The van der Waals surface area contributed by atoms with Crippen molar-refractivity contribution in [3.05, 3.63) is 95.6 Å². The molecule has 45 heavy (non-hydrogen) atoms. The zero-order chi connectivity index (χ0) is 31.7. The number of phenols is 1. The predicted octanol–water partition coefficient (Wildman–Crippen LogP) is 3.46. The van der Waals surface area contributed by atoms with Crippen LogP contribution in [0.5, 0.6) is 11.5 Å². The van der Waals surface area contributed by atoms with Crippen molar-refractivity contribution in [3.8, 4) is 11.5 Å². The van der Waals surface area contributed by atoms with Crippen LogP contribution in [0, 0.1) is 0 Å². The van der Waals surface area contributed by atoms with Gasteiger partial charge in [-0.1, -0.05) is 62.0 Å². The van der Waals surface area contributed by atoms with Crippen LogP contribution in [0.3, 0.4) is 0 Å². The zero-order valence-corrected chi connectivity index (χ0v) is 24.9. The second-order valence-corrected chi connectivity index (χ2v) is 10.9. The Hall–Kier alpha value is -4.90. The van der Waals surface area contributed by atoms with Crippen LogP contribution in [-0.4, -0.2) is 66.2 Å². The van der Waals surface area contributed by atoms with Crippen molar-refractivity contribution in [1.29, 1.82) is 0 Å². The quantitative estimate of drug-likeness (QED) is 0.200. The van der Waals surface area contributed by atoms with Gasteiger partial charge in [-0.2, -0.15) is 0 Å². The SMILES string of the molecule is C.COc1ccc(CC(NC(=O)[C@@H](C)NC(=O)OCc2ccccc2)C(=O)NC(Cc2ccc(O)cc2)C(=O)[C@@]2(C)CO2)cc1. The third kappa shape index (κ3) is 10.1. The molecule has 240 valence electrons. The molecule has 0 aliphatic carbocycles. The van der Waals surface area contributed by atoms with Crippen LogP contribution in [0.1, 0.15) is 38.0 Å². The van der Waals surface area contributed by atoms with Crippen LogP contribution in [0.25, 0.3) is 0 Å². The van der Waals surface area contributed by atoms with Gasteiger partial charge in [0, 0.05) is 6.42 Å². The fraction of sp³-hybridized carbons (Fsp3) is 0.353. The molecule has 1 aliphatic heterocycles. The van der Waals surface area contributed by atoms with Gasteiger partial charge in [-0.05, 0) is 61.2 Å². The predicted molar refractivity (Wildman–Crippen MR) is 168 cm³/mol. The lowest BCUT2D eigenvalue weighted by Crippen LogP contribution is -2.57. The third-order valence-electron chi connectivity index (χ3n) is 7.28. The molecule has 4 atom stereocenters. The van der Waals surface area contributed by atoms with Crippen LogP contribution in [0.4, 0.5) is 4.79 Å². The van der Waals surface area contributed by atoms with Gasteiger partial charge in [0.2, 0.25) is 11.8 Å². The first-order valence-corrected chi connectivity index (χ1v) is 14.2. The lowest BCUT2D eigenvalue weighted by atomic mass is 9.94. The Kier molecular flexibility index (Phi) is 12.1. The first kappa shape index (κ1) is 34.6. The van der Waals surface area contributed by atoms with E-state index in [9.17, 15) is 24.3 Å². The summed E-state index contributed by atoms with van der Waals surface area (Å²) in [5.74, 6) is -0.803. The Bertz CT molecular complexity index is 1440. The number of Topliss-reactive ketones (excluding diaryl/α,β-unsaturated/α-hetero) is 1. The summed E-state index contributed by atoms with van der Waals surface area (Å²) >= 11 is 0. The molecule has 11 nitrogen and oxygen atoms in total. The summed E-state index contributed by atoms with van der Waals surface area (Å²) in [4.78, 5) is 52.6. The van der Waals surface area contributed by atoms with Crippen LogP contribution in [-0.2, 0) is 43.3 Å². The van der Waals surface area contributed by atoms with Crippen molar-refractivity contribution < 1.29 is 38.5 Å². The molecule has 0 saturated carbocycles. The van der Waals surface area contributed by atoms with Crippen LogP contribution < -0.4 is 20.7 Å². The Morgan fingerprint density at radius 1 is 0.822 bits per heavy atom. The maximum atomic E-state index is 13.7. The highest BCUT2D eigenvalue weighted by atomic mass is 16.6. The number of amides is 3. The van der Waals surface area contributed by atoms with Gasteiger partial charge in [-0.3, -0.25) is 14.4 Å². The van der Waals surface area contributed by atoms with Crippen LogP contribution >= 0.6 is 0 Å². The Balaban J connectivity index is 0.00000552. The first-order valence-electron chi connectivity index (χ1n) is 14.2. The van der Waals surface area contributed by atoms with Gasteiger partial charge < -0.3 is 35.3 Å². The van der Waals surface area contributed by atoms with Crippen LogP contribution in [0.15, 0.2) is 78.9 Å². The largest absolute Gasteiger partial charge is 0.508 e. The topological polar surface area (TPSA) is 156 Å². The van der Waals surface area contributed by atoms with Crippen molar-refractivity contribution in [2.75, 3.05) is 13.7 Å². The van der Waals surface area contributed by atoms with Crippen LogP contribution in [0.2, 0.25) is 0 Å². The van der Waals surface area contributed by atoms with E-state index in [2.05, 4.69) is 16.0 Å². The second-order valence-electron chi connectivity index (χ2n) is 10.9. The molecule has 1 saturated heterocycles. The molecule has 3 aromatic rings. The number of hydrogen-bond acceptors (Lipinski definition) is 8. The minimum atomic E-state index is -1.09. The molecular weight excluding hydrogens is 578 g/mol. The number of nitrogens with one attached hydrogen (secondary N) is 3. The Morgan fingerprint density at radius 2 is 1.38 bits per heavy atom. The highest BCUT2D eigenvalue weighted by molar-refractivity contribution is 5.98. The molecule has 1 fully saturated rings. The lowest BCUT2D eigenvalue weighted by molar-refractivity contribution is -0.133. The highest BCUT2D eigenvalue weighted by Crippen LogP contribution is 2.29. The molecule has 1 heterocycles. The van der Waals surface area contributed by atoms with Crippen molar-refractivity contribution in [1.82, 2.24) is 16.0 Å². The van der Waals surface area contributed by atoms with Gasteiger partial charge in [0.25, 0.3) is 0 Å². The molecule has 2 unspecified atom stereocenters. The van der Waals surface area contributed by atoms with Gasteiger partial charge in [-0.25, -0.2) is 4.79 Å². The summed E-state index contributed by atoms with van der Waals surface area (Å²) in [5, 5.41) is 17.7. The van der Waals surface area contributed by atoms with Gasteiger partial charge in [-0.15, -0.1) is 0 Å². The molecule has 0 aromatic heterocycles. The fourth-order valence-electron chi connectivity index (χ4n) is 4.48. The van der Waals surface area contributed by atoms with Crippen molar-refractivity contribution >= 4 is 23.7 Å². The van der Waals surface area contributed by atoms with Gasteiger partial charge >= 0.3 is 6.09 Å². The monoisotopic (exact) mass is 619 g/mol. The maximum absolute atomic E-state index is 13.7. The lowest BCUT2D eigenvalue weighted by Gasteiger charge is -2.25. The highest BCUT2D eigenvalue weighted by Gasteiger charge is 2.50. The number of ketones is 1. The zero-order valence-electron chi connectivity index (χ0n) is 24.9. The molecule has 0 bridgehead atoms. The maximum Gasteiger partial charge on any atom is 0.408 e. The molecule has 0 radical (unpaired) electrons. The summed E-state index contributed by atoms with van der Waals surface area (Å²) < 4.78 is 15.8. The Morgan fingerprint density at radius 3 is 1.96 bits per heavy atom. The van der Waals surface area contributed by atoms with Gasteiger partial charge in [0.1, 0.15) is 35.8 Å². The molecule has 3 aromatic carbocycles. The van der Waals surface area contributed by atoms with E-state index in [0.717, 1.165) is 11.1 Å². The van der Waals surface area contributed by atoms with E-state index in [1.54, 1.807) is 62.6 Å². The number of ether oxygens (including phenoxy) is 3. The van der Waals surface area contributed by atoms with E-state index in [0.29, 0.717) is 11.3 Å². The molecular formula is C34H41N3O8. The average Bonchev–Trinajstić information content (AvgIpc) is 3.79. The van der Waals surface area contributed by atoms with Gasteiger partial charge in [0.05, 0.1) is 19.8 Å². The summed E-state index contributed by atoms with van der Waals surface area (Å²) in [5.41, 5.74) is 1.22. The summed E-state index contributed by atoms with van der Waals surface area (Å²) in [6.07, 6.45) is -0.538. The van der Waals surface area contributed by atoms with E-state index < -0.39 is 41.6 Å². The van der Waals surface area contributed by atoms with E-state index >= 15 is 0 Å². The molecule has 4 rings (SSSR count). The summed E-state index contributed by atoms with van der Waals surface area (Å²) in [6, 6.07) is 19.4. The number of epoxide rings is 1. The normalized spacial score (nSPS) is 17.0. The average molecular weight is 620 g/mol. The minimum absolute atomic E-state index is 0. The summed E-state index contributed by atoms with van der Waals surface area (Å²) in [7, 11) is 1.54. The minimum Gasteiger partial charge on any atom is -0.508 e. The van der Waals surface area contributed by atoms with Gasteiger partial charge in [0.15, 0.2) is 5.78 Å². The number of alkyl carbamates (subject to hydrolysis) is 1. The smallest absolute Gasteiger partial charge is 0.408 e. The van der Waals surface area contributed by atoms with E-state index in [1.165, 1.54) is 19.1 Å². The third-order valence-corrected chi connectivity index (χ3v) is 7.28. The molecule has 0 spiro atoms. The first-order chi connectivity index (χ1) is 21.1. The molecule has 3 amide bonds. The number of rotatable bonds is 14. The molecule has 1 aliphatic rings. The number of hydrogen-bond donors (Lipinski definition) is 4. The van der Waals surface area contributed by atoms with E-state index in [1.807, 2.05) is 18.2 Å². The Labute approximate surface area is 263 Å². The molecule has 4 N–H and O–H groups in total. The van der Waals surface area contributed by atoms with E-state index in [4.69, 9.17) is 14.2 Å². The van der Waals surface area contributed by atoms with Crippen molar-refractivity contribution in [2.24, 2.45) is 0 Å². The molecule has 11 heteroatoms. The van der Waals surface area contributed by atoms with Crippen molar-refractivity contribution in [2.45, 2.75) is 64.4 Å². The number of methoxy groups -OCH3 is 1. The number of aromatic hydroxyl groups is 1. The van der Waals surface area contributed by atoms with E-state index in [-0.39, 0.29) is 45.0 Å². The standard InChI is InChI=1S/C33H37N3O8.CH4/c1-21(34-32(41)43-19-24-7-5-4-6-8-24)30(39)36-28(18-23-11-15-26(42-3)16-12-23)31(40)35-27(29(38)33(2)20-44-33)17-22-9-13-25(37)14-10-22;/h4-16,21,27-28,37H,17-20H2,1-3H3,(H,34,41)(H,35,40)(H,36,39);1H4/t21-,27?,28?,33-;/m1./s1. The van der Waals surface area contributed by atoms with Crippen molar-refractivity contribution in [3.63, 3.8) is 0 Å². The second kappa shape index (κ2) is 15.7. The number of carbonyl (C=O) groups is 4. The number of benzene rings is 3. The summed E-state index contributed by atoms with van der Waals surface area (Å²) in [6.45, 7) is 3.40. The number of phenolic OH excluding ortho intramolecular Hbond substituents is 1.